The van der Waals surface area contributed by atoms with Gasteiger partial charge in [0.1, 0.15) is 11.6 Å². The van der Waals surface area contributed by atoms with Gasteiger partial charge in [-0.15, -0.1) is 10.2 Å². The highest BCUT2D eigenvalue weighted by atomic mass is 16.5. The first-order valence-electron chi connectivity index (χ1n) is 8.93. The number of carbonyl (C=O) groups is 1. The van der Waals surface area contributed by atoms with Crippen LogP contribution < -0.4 is 10.1 Å². The highest BCUT2D eigenvalue weighted by Gasteiger charge is 2.26. The molecule has 1 unspecified atom stereocenters. The number of amides is 1. The van der Waals surface area contributed by atoms with Gasteiger partial charge in [0.15, 0.2) is 11.8 Å². The molecule has 3 aromatic rings. The Morgan fingerprint density at radius 3 is 2.92 bits per heavy atom. The van der Waals surface area contributed by atoms with E-state index < -0.39 is 6.10 Å². The molecule has 134 valence electrons. The average molecular weight is 350 g/mol. The fourth-order valence-corrected chi connectivity index (χ4v) is 3.30. The molecule has 1 aliphatic heterocycles. The summed E-state index contributed by atoms with van der Waals surface area (Å²) < 4.78 is 7.83. The summed E-state index contributed by atoms with van der Waals surface area (Å²) >= 11 is 0. The summed E-state index contributed by atoms with van der Waals surface area (Å²) in [4.78, 5) is 12.7. The fraction of sp³-hybridized carbons (Fsp3) is 0.350. The second-order valence-electron chi connectivity index (χ2n) is 7.10. The van der Waals surface area contributed by atoms with E-state index >= 15 is 0 Å². The SMILES string of the molecule is Cc1ccc2c(c1)CCC(C(=O)Nc1ccc3nnc(C(C)C)n3c1)O2. The summed E-state index contributed by atoms with van der Waals surface area (Å²) in [6.45, 7) is 6.19. The molecule has 3 heterocycles. The van der Waals surface area contributed by atoms with Gasteiger partial charge in [0.2, 0.25) is 0 Å². The zero-order valence-electron chi connectivity index (χ0n) is 15.2. The lowest BCUT2D eigenvalue weighted by molar-refractivity contribution is -0.123. The number of carbonyl (C=O) groups excluding carboxylic acids is 1. The van der Waals surface area contributed by atoms with Crippen LogP contribution in [0.2, 0.25) is 0 Å². The summed E-state index contributed by atoms with van der Waals surface area (Å²) in [5.41, 5.74) is 3.85. The predicted molar refractivity (Wildman–Crippen MR) is 99.6 cm³/mol. The van der Waals surface area contributed by atoms with Crippen LogP contribution in [0, 0.1) is 6.92 Å². The third-order valence-electron chi connectivity index (χ3n) is 4.67. The number of anilines is 1. The van der Waals surface area contributed by atoms with E-state index in [4.69, 9.17) is 4.74 Å². The Kier molecular flexibility index (Phi) is 4.11. The summed E-state index contributed by atoms with van der Waals surface area (Å²) in [7, 11) is 0. The largest absolute Gasteiger partial charge is 0.480 e. The van der Waals surface area contributed by atoms with Crippen LogP contribution in [0.3, 0.4) is 0 Å². The van der Waals surface area contributed by atoms with E-state index in [1.807, 2.05) is 34.9 Å². The van der Waals surface area contributed by atoms with Gasteiger partial charge in [-0.3, -0.25) is 9.20 Å². The smallest absolute Gasteiger partial charge is 0.265 e. The van der Waals surface area contributed by atoms with Crippen LogP contribution in [0.15, 0.2) is 36.5 Å². The van der Waals surface area contributed by atoms with E-state index in [9.17, 15) is 4.79 Å². The number of benzene rings is 1. The van der Waals surface area contributed by atoms with Gasteiger partial charge >= 0.3 is 0 Å². The summed E-state index contributed by atoms with van der Waals surface area (Å²) in [6, 6.07) is 9.77. The summed E-state index contributed by atoms with van der Waals surface area (Å²) in [6.07, 6.45) is 2.90. The Bertz CT molecular complexity index is 977. The topological polar surface area (TPSA) is 68.5 Å². The monoisotopic (exact) mass is 350 g/mol. The lowest BCUT2D eigenvalue weighted by Gasteiger charge is -2.25. The van der Waals surface area contributed by atoms with Crippen molar-refractivity contribution in [1.82, 2.24) is 14.6 Å². The van der Waals surface area contributed by atoms with Crippen LogP contribution in [0.1, 0.15) is 43.1 Å². The number of hydrogen-bond donors (Lipinski definition) is 1. The number of nitrogens with zero attached hydrogens (tertiary/aromatic N) is 3. The van der Waals surface area contributed by atoms with Crippen molar-refractivity contribution >= 4 is 17.2 Å². The third-order valence-corrected chi connectivity index (χ3v) is 4.67. The van der Waals surface area contributed by atoms with Crippen LogP contribution in [0.5, 0.6) is 5.75 Å². The van der Waals surface area contributed by atoms with Gasteiger partial charge in [-0.25, -0.2) is 0 Å². The van der Waals surface area contributed by atoms with Gasteiger partial charge in [0.05, 0.1) is 5.69 Å². The minimum absolute atomic E-state index is 0.130. The minimum Gasteiger partial charge on any atom is -0.480 e. The van der Waals surface area contributed by atoms with Crippen molar-refractivity contribution in [3.8, 4) is 5.75 Å². The molecule has 0 saturated carbocycles. The molecule has 1 aromatic carbocycles. The zero-order chi connectivity index (χ0) is 18.3. The number of aromatic nitrogens is 3. The van der Waals surface area contributed by atoms with Crippen LogP contribution in [-0.4, -0.2) is 26.6 Å². The van der Waals surface area contributed by atoms with Crippen molar-refractivity contribution in [3.05, 3.63) is 53.5 Å². The first kappa shape index (κ1) is 16.6. The number of aryl methyl sites for hydroxylation is 2. The van der Waals surface area contributed by atoms with Crippen molar-refractivity contribution in [2.45, 2.75) is 45.6 Å². The van der Waals surface area contributed by atoms with E-state index in [-0.39, 0.29) is 11.8 Å². The van der Waals surface area contributed by atoms with Gasteiger partial charge in [-0.2, -0.15) is 0 Å². The molecule has 1 N–H and O–H groups in total. The maximum atomic E-state index is 12.7. The van der Waals surface area contributed by atoms with Crippen LogP contribution >= 0.6 is 0 Å². The average Bonchev–Trinajstić information content (AvgIpc) is 3.04. The van der Waals surface area contributed by atoms with Gasteiger partial charge in [0, 0.05) is 12.1 Å². The molecule has 0 bridgehead atoms. The second-order valence-corrected chi connectivity index (χ2v) is 7.10. The highest BCUT2D eigenvalue weighted by molar-refractivity contribution is 5.94. The normalized spacial score (nSPS) is 16.4. The fourth-order valence-electron chi connectivity index (χ4n) is 3.30. The highest BCUT2D eigenvalue weighted by Crippen LogP contribution is 2.29. The quantitative estimate of drug-likeness (QED) is 0.785. The van der Waals surface area contributed by atoms with E-state index in [2.05, 4.69) is 42.4 Å². The molecule has 0 spiro atoms. The number of ether oxygens (including phenoxy) is 1. The molecular formula is C20H22N4O2. The van der Waals surface area contributed by atoms with E-state index in [0.717, 1.165) is 23.6 Å². The van der Waals surface area contributed by atoms with Crippen LogP contribution in [0.25, 0.3) is 5.65 Å². The van der Waals surface area contributed by atoms with E-state index in [0.29, 0.717) is 12.1 Å². The maximum absolute atomic E-state index is 12.7. The van der Waals surface area contributed by atoms with Crippen molar-refractivity contribution in [2.75, 3.05) is 5.32 Å². The van der Waals surface area contributed by atoms with Crippen molar-refractivity contribution in [3.63, 3.8) is 0 Å². The molecule has 1 amide bonds. The zero-order valence-corrected chi connectivity index (χ0v) is 15.2. The first-order chi connectivity index (χ1) is 12.5. The molecule has 2 aromatic heterocycles. The molecule has 0 radical (unpaired) electrons. The Hall–Kier alpha value is -2.89. The van der Waals surface area contributed by atoms with E-state index in [1.165, 1.54) is 11.1 Å². The Balaban J connectivity index is 1.52. The lowest BCUT2D eigenvalue weighted by Crippen LogP contribution is -2.35. The number of fused-ring (bicyclic) bond motifs is 2. The van der Waals surface area contributed by atoms with E-state index in [1.54, 1.807) is 0 Å². The lowest BCUT2D eigenvalue weighted by atomic mass is 10.00. The Morgan fingerprint density at radius 2 is 2.12 bits per heavy atom. The van der Waals surface area contributed by atoms with Gasteiger partial charge < -0.3 is 10.1 Å². The van der Waals surface area contributed by atoms with Crippen molar-refractivity contribution in [2.24, 2.45) is 0 Å². The molecule has 6 nitrogen and oxygen atoms in total. The second kappa shape index (κ2) is 6.44. The van der Waals surface area contributed by atoms with Crippen LogP contribution in [-0.2, 0) is 11.2 Å². The van der Waals surface area contributed by atoms with Crippen LogP contribution in [0.4, 0.5) is 5.69 Å². The third kappa shape index (κ3) is 3.03. The molecule has 1 aliphatic rings. The molecular weight excluding hydrogens is 328 g/mol. The maximum Gasteiger partial charge on any atom is 0.265 e. The standard InChI is InChI=1S/C20H22N4O2/c1-12(2)19-23-22-18-9-6-15(11-24(18)19)21-20(25)17-8-5-14-10-13(3)4-7-16(14)26-17/h4,6-7,9-12,17H,5,8H2,1-3H3,(H,21,25). The molecule has 4 rings (SSSR count). The first-order valence-corrected chi connectivity index (χ1v) is 8.93. The Morgan fingerprint density at radius 1 is 1.27 bits per heavy atom. The predicted octanol–water partition coefficient (Wildman–Crippen LogP) is 3.49. The number of pyridine rings is 1. The molecule has 0 aliphatic carbocycles. The molecule has 6 heteroatoms. The number of hydrogen-bond acceptors (Lipinski definition) is 4. The molecule has 1 atom stereocenters. The molecule has 26 heavy (non-hydrogen) atoms. The summed E-state index contributed by atoms with van der Waals surface area (Å²) in [5, 5.41) is 11.3. The summed E-state index contributed by atoms with van der Waals surface area (Å²) in [5.74, 6) is 1.79. The molecule has 0 saturated heterocycles. The van der Waals surface area contributed by atoms with Crippen molar-refractivity contribution in [1.29, 1.82) is 0 Å². The van der Waals surface area contributed by atoms with Gasteiger partial charge in [-0.1, -0.05) is 31.5 Å². The van der Waals surface area contributed by atoms with Gasteiger partial charge in [-0.05, 0) is 43.5 Å². The minimum atomic E-state index is -0.480. The van der Waals surface area contributed by atoms with Gasteiger partial charge in [0.25, 0.3) is 5.91 Å². The number of rotatable bonds is 3. The molecule has 0 fully saturated rings. The number of nitrogens with one attached hydrogen (secondary N) is 1. The van der Waals surface area contributed by atoms with Crippen molar-refractivity contribution < 1.29 is 9.53 Å². The Labute approximate surface area is 152 Å².